The predicted molar refractivity (Wildman–Crippen MR) is 77.1 cm³/mol. The number of aryl methyl sites for hydroxylation is 1. The summed E-state index contributed by atoms with van der Waals surface area (Å²) in [7, 11) is 1.81. The van der Waals surface area contributed by atoms with Gasteiger partial charge in [0.25, 0.3) is 0 Å². The van der Waals surface area contributed by atoms with E-state index in [4.69, 9.17) is 0 Å². The van der Waals surface area contributed by atoms with Gasteiger partial charge >= 0.3 is 6.18 Å². The molecule has 0 saturated heterocycles. The van der Waals surface area contributed by atoms with Crippen molar-refractivity contribution < 1.29 is 13.2 Å². The third kappa shape index (κ3) is 4.30. The molecule has 120 valence electrons. The lowest BCUT2D eigenvalue weighted by molar-refractivity contribution is -0.137. The maximum Gasteiger partial charge on any atom is 0.416 e. The molecule has 4 nitrogen and oxygen atoms in total. The number of alkyl halides is 3. The minimum Gasteiger partial charge on any atom is -0.304 e. The van der Waals surface area contributed by atoms with Gasteiger partial charge in [0.1, 0.15) is 12.2 Å². The Bertz CT molecular complexity index is 614. The van der Waals surface area contributed by atoms with Crippen molar-refractivity contribution in [3.63, 3.8) is 0 Å². The number of hydrogen-bond acceptors (Lipinski definition) is 3. The minimum atomic E-state index is -4.29. The van der Waals surface area contributed by atoms with Gasteiger partial charge in [0.2, 0.25) is 0 Å². The summed E-state index contributed by atoms with van der Waals surface area (Å²) in [5, 5.41) is 7.34. The smallest absolute Gasteiger partial charge is 0.304 e. The first kappa shape index (κ1) is 16.5. The highest BCUT2D eigenvalue weighted by atomic mass is 19.4. The molecule has 0 saturated carbocycles. The molecular formula is C15H19F3N4. The van der Waals surface area contributed by atoms with Gasteiger partial charge in [0, 0.05) is 12.6 Å². The van der Waals surface area contributed by atoms with Crippen LogP contribution in [0.5, 0.6) is 0 Å². The van der Waals surface area contributed by atoms with E-state index in [0.29, 0.717) is 13.0 Å². The van der Waals surface area contributed by atoms with Gasteiger partial charge in [-0.15, -0.1) is 0 Å². The van der Waals surface area contributed by atoms with Crippen molar-refractivity contribution in [1.82, 2.24) is 20.1 Å². The molecule has 7 heteroatoms. The average Bonchev–Trinajstić information content (AvgIpc) is 2.81. The van der Waals surface area contributed by atoms with E-state index in [1.54, 1.807) is 4.68 Å². The molecule has 0 radical (unpaired) electrons. The van der Waals surface area contributed by atoms with Crippen molar-refractivity contribution in [3.8, 4) is 0 Å². The summed E-state index contributed by atoms with van der Waals surface area (Å²) in [4.78, 5) is 4.13. The van der Waals surface area contributed by atoms with Crippen LogP contribution < -0.4 is 5.32 Å². The molecule has 0 spiro atoms. The summed E-state index contributed by atoms with van der Waals surface area (Å²) in [5.74, 6) is 0.806. The Morgan fingerprint density at radius 1 is 1.14 bits per heavy atom. The molecule has 0 aliphatic carbocycles. The first-order chi connectivity index (χ1) is 10.2. The van der Waals surface area contributed by atoms with Crippen molar-refractivity contribution in [2.45, 2.75) is 38.5 Å². The van der Waals surface area contributed by atoms with Crippen molar-refractivity contribution in [3.05, 3.63) is 47.5 Å². The molecule has 1 aromatic heterocycles. The van der Waals surface area contributed by atoms with Crippen molar-refractivity contribution in [1.29, 1.82) is 0 Å². The highest BCUT2D eigenvalue weighted by Crippen LogP contribution is 2.29. The normalized spacial score (nSPS) is 12.6. The lowest BCUT2D eigenvalue weighted by Crippen LogP contribution is -2.41. The molecule has 0 atom stereocenters. The largest absolute Gasteiger partial charge is 0.416 e. The van der Waals surface area contributed by atoms with Crippen LogP contribution in [0.15, 0.2) is 30.6 Å². The zero-order valence-corrected chi connectivity index (χ0v) is 12.8. The quantitative estimate of drug-likeness (QED) is 0.923. The Morgan fingerprint density at radius 2 is 1.77 bits per heavy atom. The van der Waals surface area contributed by atoms with Crippen LogP contribution in [0.25, 0.3) is 0 Å². The van der Waals surface area contributed by atoms with Crippen LogP contribution in [-0.2, 0) is 26.2 Å². The van der Waals surface area contributed by atoms with E-state index < -0.39 is 11.7 Å². The Morgan fingerprint density at radius 3 is 2.27 bits per heavy atom. The number of benzene rings is 1. The van der Waals surface area contributed by atoms with Crippen LogP contribution in [0.1, 0.15) is 30.8 Å². The van der Waals surface area contributed by atoms with Crippen LogP contribution in [-0.4, -0.2) is 20.3 Å². The molecular weight excluding hydrogens is 293 g/mol. The number of aromatic nitrogens is 3. The third-order valence-corrected chi connectivity index (χ3v) is 3.46. The summed E-state index contributed by atoms with van der Waals surface area (Å²) in [5.41, 5.74) is -0.0457. The highest BCUT2D eigenvalue weighted by molar-refractivity contribution is 5.25. The molecule has 1 aromatic carbocycles. The van der Waals surface area contributed by atoms with Crippen LogP contribution >= 0.6 is 0 Å². The van der Waals surface area contributed by atoms with Gasteiger partial charge in [-0.05, 0) is 38.0 Å². The van der Waals surface area contributed by atoms with Gasteiger partial charge in [0.05, 0.1) is 12.1 Å². The monoisotopic (exact) mass is 312 g/mol. The van der Waals surface area contributed by atoms with Gasteiger partial charge in [-0.3, -0.25) is 4.68 Å². The molecule has 1 heterocycles. The Kier molecular flexibility index (Phi) is 4.55. The zero-order chi connectivity index (χ0) is 16.4. The maximum absolute atomic E-state index is 12.5. The maximum atomic E-state index is 12.5. The second-order valence-electron chi connectivity index (χ2n) is 5.91. The first-order valence-electron chi connectivity index (χ1n) is 6.91. The molecule has 0 aliphatic rings. The number of nitrogens with one attached hydrogen (secondary N) is 1. The lowest BCUT2D eigenvalue weighted by atomic mass is 9.94. The number of rotatable bonds is 5. The summed E-state index contributed by atoms with van der Waals surface area (Å²) in [6, 6.07) is 5.28. The minimum absolute atomic E-state index is 0.272. The van der Waals surface area contributed by atoms with Crippen LogP contribution in [0.2, 0.25) is 0 Å². The zero-order valence-electron chi connectivity index (χ0n) is 12.8. The Balaban J connectivity index is 1.97. The lowest BCUT2D eigenvalue weighted by Gasteiger charge is -2.26. The molecule has 0 unspecified atom stereocenters. The third-order valence-electron chi connectivity index (χ3n) is 3.46. The summed E-state index contributed by atoms with van der Waals surface area (Å²) in [6.07, 6.45) is -2.19. The molecule has 0 aliphatic heterocycles. The van der Waals surface area contributed by atoms with Crippen LogP contribution in [0.4, 0.5) is 13.2 Å². The average molecular weight is 312 g/mol. The van der Waals surface area contributed by atoms with Crippen molar-refractivity contribution in [2.75, 3.05) is 0 Å². The van der Waals surface area contributed by atoms with Crippen LogP contribution in [0, 0.1) is 0 Å². The van der Waals surface area contributed by atoms with E-state index >= 15 is 0 Å². The standard InChI is InChI=1S/C15H19F3N4/c1-14(2,20-9-13-19-10-21-22(13)3)8-11-4-6-12(7-5-11)15(16,17)18/h4-7,10,20H,8-9H2,1-3H3. The summed E-state index contributed by atoms with van der Waals surface area (Å²) < 4.78 is 39.3. The van der Waals surface area contributed by atoms with Gasteiger partial charge < -0.3 is 5.32 Å². The van der Waals surface area contributed by atoms with Gasteiger partial charge in [-0.2, -0.15) is 18.3 Å². The SMILES string of the molecule is Cn1ncnc1CNC(C)(C)Cc1ccc(C(F)(F)F)cc1. The topological polar surface area (TPSA) is 42.7 Å². The first-order valence-corrected chi connectivity index (χ1v) is 6.91. The van der Waals surface area contributed by atoms with E-state index in [1.165, 1.54) is 18.5 Å². The molecule has 0 amide bonds. The van der Waals surface area contributed by atoms with Gasteiger partial charge in [-0.25, -0.2) is 4.98 Å². The van der Waals surface area contributed by atoms with E-state index in [9.17, 15) is 13.2 Å². The molecule has 1 N–H and O–H groups in total. The highest BCUT2D eigenvalue weighted by Gasteiger charge is 2.30. The Labute approximate surface area is 127 Å². The predicted octanol–water partition coefficient (Wildman–Crippen LogP) is 2.94. The molecule has 0 bridgehead atoms. The Hall–Kier alpha value is -1.89. The molecule has 22 heavy (non-hydrogen) atoms. The number of halogens is 3. The van der Waals surface area contributed by atoms with Gasteiger partial charge in [0.15, 0.2) is 0 Å². The van der Waals surface area contributed by atoms with Crippen molar-refractivity contribution in [2.24, 2.45) is 7.05 Å². The van der Waals surface area contributed by atoms with E-state index in [-0.39, 0.29) is 5.54 Å². The van der Waals surface area contributed by atoms with E-state index in [0.717, 1.165) is 23.5 Å². The van der Waals surface area contributed by atoms with E-state index in [2.05, 4.69) is 15.4 Å². The molecule has 2 aromatic rings. The number of nitrogens with zero attached hydrogens (tertiary/aromatic N) is 3. The summed E-state index contributed by atoms with van der Waals surface area (Å²) in [6.45, 7) is 4.55. The second-order valence-corrected chi connectivity index (χ2v) is 5.91. The molecule has 0 fully saturated rings. The fourth-order valence-electron chi connectivity index (χ4n) is 2.18. The fourth-order valence-corrected chi connectivity index (χ4v) is 2.18. The van der Waals surface area contributed by atoms with Gasteiger partial charge in [-0.1, -0.05) is 12.1 Å². The van der Waals surface area contributed by atoms with E-state index in [1.807, 2.05) is 20.9 Å². The second kappa shape index (κ2) is 6.08. The van der Waals surface area contributed by atoms with Crippen molar-refractivity contribution >= 4 is 0 Å². The number of hydrogen-bond donors (Lipinski definition) is 1. The van der Waals surface area contributed by atoms with Crippen LogP contribution in [0.3, 0.4) is 0 Å². The summed E-state index contributed by atoms with van der Waals surface area (Å²) >= 11 is 0. The fraction of sp³-hybridized carbons (Fsp3) is 0.467. The molecule has 2 rings (SSSR count).